The fourth-order valence-corrected chi connectivity index (χ4v) is 2.51. The summed E-state index contributed by atoms with van der Waals surface area (Å²) in [4.78, 5) is 51.4. The molecule has 0 aromatic heterocycles. The van der Waals surface area contributed by atoms with E-state index in [9.17, 15) is 13.7 Å². The van der Waals surface area contributed by atoms with Gasteiger partial charge in [0.05, 0.1) is 0 Å². The van der Waals surface area contributed by atoms with Crippen LogP contribution in [-0.2, 0) is 13.7 Å². The van der Waals surface area contributed by atoms with Crippen molar-refractivity contribution in [3.05, 3.63) is 0 Å². The van der Waals surface area contributed by atoms with Gasteiger partial charge < -0.3 is 29.4 Å². The third kappa shape index (κ3) is 10.0. The van der Waals surface area contributed by atoms with Crippen molar-refractivity contribution in [3.8, 4) is 0 Å². The van der Waals surface area contributed by atoms with Gasteiger partial charge in [0.1, 0.15) is 12.6 Å². The van der Waals surface area contributed by atoms with Crippen LogP contribution in [0.25, 0.3) is 0 Å². The Morgan fingerprint density at radius 1 is 0.765 bits per heavy atom. The second-order valence-electron chi connectivity index (χ2n) is 3.05. The molecule has 0 spiro atoms. The second kappa shape index (κ2) is 6.01. The molecule has 0 saturated carbocycles. The minimum Gasteiger partial charge on any atom is -0.324 e. The predicted molar refractivity (Wildman–Crippen MR) is 55.9 cm³/mol. The summed E-state index contributed by atoms with van der Waals surface area (Å²) < 4.78 is 31.8. The van der Waals surface area contributed by atoms with Gasteiger partial charge in [-0.05, 0) is 0 Å². The quantitative estimate of drug-likeness (QED) is 0.189. The lowest BCUT2D eigenvalue weighted by molar-refractivity contribution is 0.326. The summed E-state index contributed by atoms with van der Waals surface area (Å²) in [6.07, 6.45) is -2.09. The second-order valence-corrected chi connectivity index (χ2v) is 8.03. The first-order chi connectivity index (χ1) is 7.31. The molecule has 0 aromatic carbocycles. The van der Waals surface area contributed by atoms with Gasteiger partial charge in [-0.2, -0.15) is 0 Å². The van der Waals surface area contributed by atoms with E-state index < -0.39 is 41.3 Å². The van der Waals surface area contributed by atoms with Crippen molar-refractivity contribution in [2.45, 2.75) is 5.91 Å². The molecule has 104 valence electrons. The highest BCUT2D eigenvalue weighted by molar-refractivity contribution is 7.53. The summed E-state index contributed by atoms with van der Waals surface area (Å²) >= 11 is 0. The van der Waals surface area contributed by atoms with E-state index in [4.69, 9.17) is 29.4 Å². The minimum atomic E-state index is -4.86. The van der Waals surface area contributed by atoms with Crippen molar-refractivity contribution in [2.24, 2.45) is 0 Å². The smallest absolute Gasteiger partial charge is 0.324 e. The van der Waals surface area contributed by atoms with E-state index in [-0.39, 0.29) is 0 Å². The monoisotopic (exact) mass is 314 g/mol. The maximum atomic E-state index is 10.8. The van der Waals surface area contributed by atoms with E-state index in [1.54, 1.807) is 10.6 Å². The Kier molecular flexibility index (Phi) is 6.14. The molecule has 0 aromatic rings. The van der Waals surface area contributed by atoms with E-state index in [1.165, 1.54) is 0 Å². The molecule has 14 heteroatoms. The summed E-state index contributed by atoms with van der Waals surface area (Å²) in [7, 11) is -13.9. The predicted octanol–water partition coefficient (Wildman–Crippen LogP) is -2.10. The Morgan fingerprint density at radius 2 is 1.06 bits per heavy atom. The molecule has 0 atom stereocenters. The zero-order valence-corrected chi connectivity index (χ0v) is 10.9. The van der Waals surface area contributed by atoms with Gasteiger partial charge in [0.25, 0.3) is 0 Å². The van der Waals surface area contributed by atoms with Crippen LogP contribution in [0.4, 0.5) is 0 Å². The van der Waals surface area contributed by atoms with Crippen LogP contribution in [0.1, 0.15) is 0 Å². The first kappa shape index (κ1) is 17.4. The molecular formula is C3H13N2O9P3. The van der Waals surface area contributed by atoms with Crippen LogP contribution in [0.5, 0.6) is 0 Å². The summed E-state index contributed by atoms with van der Waals surface area (Å²) in [5, 5.41) is 3.58. The molecule has 0 fully saturated rings. The highest BCUT2D eigenvalue weighted by atomic mass is 31.2. The maximum absolute atomic E-state index is 10.8. The average molecular weight is 314 g/mol. The topological polar surface area (TPSA) is 197 Å². The highest BCUT2D eigenvalue weighted by Gasteiger charge is 2.31. The summed E-state index contributed by atoms with van der Waals surface area (Å²) in [6, 6.07) is 0. The van der Waals surface area contributed by atoms with Gasteiger partial charge >= 0.3 is 22.8 Å². The van der Waals surface area contributed by atoms with Crippen LogP contribution >= 0.6 is 22.8 Å². The van der Waals surface area contributed by atoms with Gasteiger partial charge in [-0.1, -0.05) is 0 Å². The molecular weight excluding hydrogens is 301 g/mol. The van der Waals surface area contributed by atoms with Crippen LogP contribution < -0.4 is 10.6 Å². The van der Waals surface area contributed by atoms with E-state index in [0.29, 0.717) is 0 Å². The first-order valence-corrected chi connectivity index (χ1v) is 9.20. The standard InChI is InChI=1S/C3H13N2O9P3/c6-15(7,8)1-4-3(17(12,13)14)5-2-16(9,10)11/h3-5H,1-2H2,(H2,6,7,8)(H2,9,10,11)(H2,12,13,14). The van der Waals surface area contributed by atoms with Crippen molar-refractivity contribution in [2.75, 3.05) is 12.6 Å². The summed E-state index contributed by atoms with van der Waals surface area (Å²) in [5.41, 5.74) is 0. The lowest BCUT2D eigenvalue weighted by Crippen LogP contribution is -2.42. The zero-order valence-electron chi connectivity index (χ0n) is 8.24. The Hall–Kier alpha value is 0.370. The number of rotatable bonds is 7. The van der Waals surface area contributed by atoms with E-state index in [2.05, 4.69) is 0 Å². The van der Waals surface area contributed by atoms with Crippen LogP contribution in [0, 0.1) is 0 Å². The molecule has 0 rings (SSSR count). The minimum absolute atomic E-state index is 1.04. The molecule has 0 saturated heterocycles. The number of nitrogens with one attached hydrogen (secondary N) is 2. The van der Waals surface area contributed by atoms with Gasteiger partial charge in [0.15, 0.2) is 5.91 Å². The lowest BCUT2D eigenvalue weighted by Gasteiger charge is -2.21. The first-order valence-electron chi connectivity index (χ1n) is 3.92. The normalized spacial score (nSPS) is 14.3. The largest absolute Gasteiger partial charge is 0.356 e. The van der Waals surface area contributed by atoms with Gasteiger partial charge in [0, 0.05) is 0 Å². The Balaban J connectivity index is 4.53. The van der Waals surface area contributed by atoms with E-state index >= 15 is 0 Å². The van der Waals surface area contributed by atoms with Gasteiger partial charge in [0.2, 0.25) is 0 Å². The molecule has 0 radical (unpaired) electrons. The van der Waals surface area contributed by atoms with E-state index in [0.717, 1.165) is 0 Å². The Bertz CT molecular complexity index is 353. The molecule has 8 N–H and O–H groups in total. The van der Waals surface area contributed by atoms with Crippen molar-refractivity contribution >= 4 is 22.8 Å². The van der Waals surface area contributed by atoms with Crippen LogP contribution in [0.3, 0.4) is 0 Å². The third-order valence-corrected chi connectivity index (χ3v) is 3.54. The van der Waals surface area contributed by atoms with Gasteiger partial charge in [-0.25, -0.2) is 0 Å². The van der Waals surface area contributed by atoms with Crippen molar-refractivity contribution in [3.63, 3.8) is 0 Å². The molecule has 17 heavy (non-hydrogen) atoms. The fourth-order valence-electron chi connectivity index (χ4n) is 0.721. The fraction of sp³-hybridized carbons (Fsp3) is 1.00. The number of hydrogen-bond acceptors (Lipinski definition) is 5. The maximum Gasteiger partial charge on any atom is 0.356 e. The summed E-state index contributed by atoms with van der Waals surface area (Å²) in [6.45, 7) is 0. The van der Waals surface area contributed by atoms with Crippen molar-refractivity contribution in [1.82, 2.24) is 10.6 Å². The third-order valence-electron chi connectivity index (χ3n) is 1.32. The van der Waals surface area contributed by atoms with Crippen LogP contribution in [0.2, 0.25) is 0 Å². The Labute approximate surface area is 95.7 Å². The van der Waals surface area contributed by atoms with Crippen LogP contribution in [0.15, 0.2) is 0 Å². The van der Waals surface area contributed by atoms with Crippen LogP contribution in [-0.4, -0.2) is 47.8 Å². The molecule has 0 heterocycles. The van der Waals surface area contributed by atoms with Crippen molar-refractivity contribution in [1.29, 1.82) is 0 Å². The Morgan fingerprint density at radius 3 is 1.24 bits per heavy atom. The summed E-state index contributed by atoms with van der Waals surface area (Å²) in [5.74, 6) is -1.96. The van der Waals surface area contributed by atoms with Gasteiger partial charge in [-0.15, -0.1) is 0 Å². The number of hydrogen-bond donors (Lipinski definition) is 8. The highest BCUT2D eigenvalue weighted by Crippen LogP contribution is 2.42. The molecule has 0 bridgehead atoms. The SMILES string of the molecule is O=P(O)(O)CNC(NCP(=O)(O)O)P(=O)(O)O. The van der Waals surface area contributed by atoms with Gasteiger partial charge in [-0.3, -0.25) is 24.3 Å². The zero-order chi connectivity index (χ0) is 13.9. The lowest BCUT2D eigenvalue weighted by atomic mass is 11.0. The molecule has 0 aliphatic heterocycles. The van der Waals surface area contributed by atoms with E-state index in [1.807, 2.05) is 0 Å². The average Bonchev–Trinajstić information content (AvgIpc) is 1.96. The molecule has 0 aliphatic carbocycles. The molecule has 0 unspecified atom stereocenters. The molecule has 0 amide bonds. The molecule has 11 nitrogen and oxygen atoms in total. The molecule has 0 aliphatic rings. The van der Waals surface area contributed by atoms with Crippen molar-refractivity contribution < 1.29 is 43.1 Å².